The van der Waals surface area contributed by atoms with Gasteiger partial charge in [0, 0.05) is 6.54 Å². The molecule has 1 aromatic carbocycles. The topological polar surface area (TPSA) is 106 Å². The van der Waals surface area contributed by atoms with Gasteiger partial charge in [0.25, 0.3) is 0 Å². The Morgan fingerprint density at radius 3 is 2.29 bits per heavy atom. The molecule has 0 bridgehead atoms. The van der Waals surface area contributed by atoms with Crippen LogP contribution in [-0.2, 0) is 19.9 Å². The second-order valence-corrected chi connectivity index (χ2v) is 5.73. The van der Waals surface area contributed by atoms with Gasteiger partial charge in [-0.15, -0.1) is 0 Å². The number of carbonyl (C=O) groups is 3. The van der Waals surface area contributed by atoms with Gasteiger partial charge in [0.15, 0.2) is 0 Å². The van der Waals surface area contributed by atoms with Crippen LogP contribution < -0.4 is 11.5 Å². The molecule has 0 spiro atoms. The number of nitrogens with two attached hydrogens (primary N) is 2. The summed E-state index contributed by atoms with van der Waals surface area (Å²) in [7, 11) is 0. The summed E-state index contributed by atoms with van der Waals surface area (Å²) in [5.41, 5.74) is 10.8. The Morgan fingerprint density at radius 1 is 1.19 bits per heavy atom. The summed E-state index contributed by atoms with van der Waals surface area (Å²) in [5.74, 6) is -1.25. The summed E-state index contributed by atoms with van der Waals surface area (Å²) in [4.78, 5) is 36.8. The lowest BCUT2D eigenvalue weighted by Gasteiger charge is -2.28. The van der Waals surface area contributed by atoms with E-state index in [0.29, 0.717) is 12.0 Å². The van der Waals surface area contributed by atoms with Crippen molar-refractivity contribution in [1.82, 2.24) is 4.90 Å². The fraction of sp³-hybridized carbons (Fsp3) is 0.400. The van der Waals surface area contributed by atoms with Crippen LogP contribution in [0.4, 0.5) is 0 Å². The molecule has 1 saturated heterocycles. The van der Waals surface area contributed by atoms with Crippen molar-refractivity contribution in [2.24, 2.45) is 23.3 Å². The van der Waals surface area contributed by atoms with Crippen molar-refractivity contribution in [3.8, 4) is 0 Å². The van der Waals surface area contributed by atoms with Gasteiger partial charge in [0.1, 0.15) is 5.54 Å². The first-order valence-corrected chi connectivity index (χ1v) is 6.94. The molecule has 3 amide bonds. The Morgan fingerprint density at radius 2 is 1.76 bits per heavy atom. The maximum Gasteiger partial charge on any atom is 0.242 e. The standard InChI is InChI=1S/C15H17N3O3/c16-14(21)15(17,9-4-2-1-3-5-9)6-7-18-12(19)10-8-11(10)13(18)20/h1-5,10-11H,6-8,17H2,(H2,16,21). The average molecular weight is 287 g/mol. The van der Waals surface area contributed by atoms with E-state index in [1.165, 1.54) is 4.90 Å². The number of fused-ring (bicyclic) bond motifs is 1. The van der Waals surface area contributed by atoms with Gasteiger partial charge < -0.3 is 11.5 Å². The Balaban J connectivity index is 1.76. The number of amides is 3. The van der Waals surface area contributed by atoms with E-state index in [0.717, 1.165) is 0 Å². The summed E-state index contributed by atoms with van der Waals surface area (Å²) in [6.07, 6.45) is 0.791. The zero-order valence-electron chi connectivity index (χ0n) is 11.5. The molecule has 3 rings (SSSR count). The number of primary amides is 1. The van der Waals surface area contributed by atoms with Crippen molar-refractivity contribution in [2.45, 2.75) is 18.4 Å². The fourth-order valence-electron chi connectivity index (χ4n) is 2.90. The van der Waals surface area contributed by atoms with Crippen LogP contribution in [0.15, 0.2) is 30.3 Å². The normalized spacial score (nSPS) is 26.4. The molecular weight excluding hydrogens is 270 g/mol. The quantitative estimate of drug-likeness (QED) is 0.726. The highest BCUT2D eigenvalue weighted by Crippen LogP contribution is 2.47. The van der Waals surface area contributed by atoms with E-state index < -0.39 is 11.4 Å². The van der Waals surface area contributed by atoms with Crippen molar-refractivity contribution in [2.75, 3.05) is 6.54 Å². The number of hydrogen-bond acceptors (Lipinski definition) is 4. The van der Waals surface area contributed by atoms with E-state index >= 15 is 0 Å². The zero-order valence-corrected chi connectivity index (χ0v) is 11.5. The van der Waals surface area contributed by atoms with Crippen LogP contribution >= 0.6 is 0 Å². The lowest BCUT2D eigenvalue weighted by atomic mass is 9.86. The van der Waals surface area contributed by atoms with Crippen LogP contribution in [0.5, 0.6) is 0 Å². The van der Waals surface area contributed by atoms with Gasteiger partial charge in [0.2, 0.25) is 17.7 Å². The molecule has 1 aliphatic carbocycles. The molecule has 0 radical (unpaired) electrons. The van der Waals surface area contributed by atoms with Crippen LogP contribution in [0.2, 0.25) is 0 Å². The first kappa shape index (κ1) is 13.8. The molecule has 0 aromatic heterocycles. The maximum atomic E-state index is 11.9. The molecule has 6 nitrogen and oxygen atoms in total. The van der Waals surface area contributed by atoms with E-state index in [9.17, 15) is 14.4 Å². The van der Waals surface area contributed by atoms with E-state index in [1.54, 1.807) is 24.3 Å². The molecular formula is C15H17N3O3. The second-order valence-electron chi connectivity index (χ2n) is 5.73. The minimum absolute atomic E-state index is 0.124. The number of piperidine rings is 1. The van der Waals surface area contributed by atoms with E-state index in [2.05, 4.69) is 0 Å². The molecule has 4 N–H and O–H groups in total. The van der Waals surface area contributed by atoms with Crippen LogP contribution in [0.1, 0.15) is 18.4 Å². The fourth-order valence-corrected chi connectivity index (χ4v) is 2.90. The highest BCUT2D eigenvalue weighted by atomic mass is 16.2. The number of imide groups is 1. The van der Waals surface area contributed by atoms with E-state index in [4.69, 9.17) is 11.5 Å². The molecule has 2 fully saturated rings. The predicted octanol–water partition coefficient (Wildman–Crippen LogP) is -0.279. The smallest absolute Gasteiger partial charge is 0.242 e. The highest BCUT2D eigenvalue weighted by Gasteiger charge is 2.58. The Labute approximate surface area is 122 Å². The third-order valence-electron chi connectivity index (χ3n) is 4.42. The van der Waals surface area contributed by atoms with Crippen molar-refractivity contribution in [3.05, 3.63) is 35.9 Å². The molecule has 3 unspecified atom stereocenters. The van der Waals surface area contributed by atoms with E-state index in [1.807, 2.05) is 6.07 Å². The van der Waals surface area contributed by atoms with Crippen molar-refractivity contribution >= 4 is 17.7 Å². The highest BCUT2D eigenvalue weighted by molar-refractivity contribution is 6.08. The summed E-state index contributed by atoms with van der Waals surface area (Å²) >= 11 is 0. The van der Waals surface area contributed by atoms with Gasteiger partial charge in [-0.05, 0) is 18.4 Å². The Bertz CT molecular complexity index is 596. The number of likely N-dealkylation sites (tertiary alicyclic amines) is 1. The van der Waals surface area contributed by atoms with Crippen molar-refractivity contribution in [3.63, 3.8) is 0 Å². The molecule has 1 heterocycles. The molecule has 6 heteroatoms. The number of rotatable bonds is 5. The molecule has 1 saturated carbocycles. The largest absolute Gasteiger partial charge is 0.368 e. The Kier molecular flexibility index (Phi) is 3.06. The number of hydrogen-bond donors (Lipinski definition) is 2. The van der Waals surface area contributed by atoms with Crippen molar-refractivity contribution < 1.29 is 14.4 Å². The lowest BCUT2D eigenvalue weighted by molar-refractivity contribution is -0.142. The summed E-state index contributed by atoms with van der Waals surface area (Å²) in [6.45, 7) is 0.124. The first-order chi connectivity index (χ1) is 9.95. The molecule has 110 valence electrons. The molecule has 3 atom stereocenters. The Hall–Kier alpha value is -2.21. The average Bonchev–Trinajstić information content (AvgIpc) is 3.23. The van der Waals surface area contributed by atoms with Gasteiger partial charge in [0.05, 0.1) is 11.8 Å². The summed E-state index contributed by atoms with van der Waals surface area (Å²) in [5, 5.41) is 0. The minimum Gasteiger partial charge on any atom is -0.368 e. The summed E-state index contributed by atoms with van der Waals surface area (Å²) in [6, 6.07) is 8.78. The number of carbonyl (C=O) groups excluding carboxylic acids is 3. The van der Waals surface area contributed by atoms with Crippen LogP contribution in [0.3, 0.4) is 0 Å². The summed E-state index contributed by atoms with van der Waals surface area (Å²) < 4.78 is 0. The number of benzene rings is 1. The predicted molar refractivity (Wildman–Crippen MR) is 74.4 cm³/mol. The SMILES string of the molecule is NC(=O)C(N)(CCN1C(=O)C2CC2C1=O)c1ccccc1. The molecule has 2 aliphatic rings. The molecule has 1 aliphatic heterocycles. The van der Waals surface area contributed by atoms with Gasteiger partial charge in [-0.2, -0.15) is 0 Å². The first-order valence-electron chi connectivity index (χ1n) is 6.94. The van der Waals surface area contributed by atoms with Crippen LogP contribution in [0, 0.1) is 11.8 Å². The maximum absolute atomic E-state index is 11.9. The van der Waals surface area contributed by atoms with E-state index in [-0.39, 0.29) is 36.6 Å². The molecule has 1 aromatic rings. The third kappa shape index (κ3) is 2.12. The minimum atomic E-state index is -1.38. The van der Waals surface area contributed by atoms with Gasteiger partial charge in [-0.3, -0.25) is 19.3 Å². The van der Waals surface area contributed by atoms with Crippen molar-refractivity contribution in [1.29, 1.82) is 0 Å². The number of nitrogens with zero attached hydrogens (tertiary/aromatic N) is 1. The lowest BCUT2D eigenvalue weighted by Crippen LogP contribution is -2.51. The third-order valence-corrected chi connectivity index (χ3v) is 4.42. The second kappa shape index (κ2) is 4.66. The van der Waals surface area contributed by atoms with Crippen LogP contribution in [-0.4, -0.2) is 29.2 Å². The van der Waals surface area contributed by atoms with Gasteiger partial charge in [-0.1, -0.05) is 30.3 Å². The monoisotopic (exact) mass is 287 g/mol. The van der Waals surface area contributed by atoms with Gasteiger partial charge >= 0.3 is 0 Å². The van der Waals surface area contributed by atoms with Crippen LogP contribution in [0.25, 0.3) is 0 Å². The van der Waals surface area contributed by atoms with Gasteiger partial charge in [-0.25, -0.2) is 0 Å². The zero-order chi connectivity index (χ0) is 15.2. The molecule has 21 heavy (non-hydrogen) atoms.